The van der Waals surface area contributed by atoms with E-state index in [9.17, 15) is 0 Å². The smallest absolute Gasteiger partial charge is 0.164 e. The molecule has 4 nitrogen and oxygen atoms in total. The largest absolute Gasteiger partial charge is 0.456 e. The lowest BCUT2D eigenvalue weighted by atomic mass is 9.89. The number of aromatic nitrogens is 3. The Kier molecular flexibility index (Phi) is 5.16. The van der Waals surface area contributed by atoms with Crippen LogP contribution in [0, 0.1) is 0 Å². The van der Waals surface area contributed by atoms with Crippen LogP contribution in [0.5, 0.6) is 0 Å². The van der Waals surface area contributed by atoms with E-state index in [1.807, 2.05) is 30.3 Å². The number of rotatable bonds is 3. The molecule has 0 radical (unpaired) electrons. The third kappa shape index (κ3) is 3.64. The second-order valence-electron chi connectivity index (χ2n) is 10.8. The average Bonchev–Trinajstić information content (AvgIpc) is 3.63. The Balaban J connectivity index is 1.32. The Morgan fingerprint density at radius 1 is 0.595 bits per heavy atom. The van der Waals surface area contributed by atoms with Crippen LogP contribution in [0.3, 0.4) is 0 Å². The van der Waals surface area contributed by atoms with Crippen LogP contribution in [0.1, 0.15) is 22.9 Å². The molecule has 1 atom stereocenters. The van der Waals surface area contributed by atoms with Gasteiger partial charge in [0.25, 0.3) is 0 Å². The minimum absolute atomic E-state index is 0.0409. The molecule has 1 unspecified atom stereocenters. The molecule has 5 heteroatoms. The number of hydrogen-bond donors (Lipinski definition) is 0. The van der Waals surface area contributed by atoms with Crippen molar-refractivity contribution in [2.75, 3.05) is 0 Å². The first-order valence-corrected chi connectivity index (χ1v) is 15.0. The standard InChI is InChI=1S/C37H23N3OS/c1-2-10-23-21-24(20-19-22(23)9-1)35-38-36(27-13-7-16-30-33(27)25-11-3-5-15-29(25)41-30)40-37(39-35)28-14-8-18-32-34(28)26-12-4-6-17-31(26)42-32/h1-20,24H,21H2. The molecule has 5 aromatic carbocycles. The maximum absolute atomic E-state index is 6.23. The van der Waals surface area contributed by atoms with Gasteiger partial charge in [-0.25, -0.2) is 15.0 Å². The molecule has 0 spiro atoms. The second kappa shape index (κ2) is 9.20. The van der Waals surface area contributed by atoms with Gasteiger partial charge >= 0.3 is 0 Å². The van der Waals surface area contributed by atoms with Crippen molar-refractivity contribution in [1.29, 1.82) is 0 Å². The molecule has 3 aromatic heterocycles. The lowest BCUT2D eigenvalue weighted by Crippen LogP contribution is -2.12. The van der Waals surface area contributed by atoms with E-state index in [0.29, 0.717) is 11.6 Å². The van der Waals surface area contributed by atoms with E-state index in [-0.39, 0.29) is 5.92 Å². The SMILES string of the molecule is C1=CC(c2nc(-c3cccc4oc5ccccc5c34)nc(-c3cccc4sc5ccccc5c34)n2)Cc2ccccc21. The number of allylic oxidation sites excluding steroid dienone is 1. The van der Waals surface area contributed by atoms with Gasteiger partial charge in [0.05, 0.1) is 0 Å². The summed E-state index contributed by atoms with van der Waals surface area (Å²) in [5.74, 6) is 2.18. The van der Waals surface area contributed by atoms with E-state index in [1.54, 1.807) is 11.3 Å². The van der Waals surface area contributed by atoms with Crippen LogP contribution < -0.4 is 0 Å². The molecule has 0 saturated heterocycles. The Hall–Kier alpha value is -5.13. The summed E-state index contributed by atoms with van der Waals surface area (Å²) in [5, 5.41) is 4.51. The van der Waals surface area contributed by atoms with Gasteiger partial charge in [0.15, 0.2) is 11.6 Å². The van der Waals surface area contributed by atoms with E-state index in [2.05, 4.69) is 91.0 Å². The monoisotopic (exact) mass is 557 g/mol. The third-order valence-corrected chi connectivity index (χ3v) is 9.41. The van der Waals surface area contributed by atoms with Crippen molar-refractivity contribution in [3.05, 3.63) is 132 Å². The molecular weight excluding hydrogens is 534 g/mol. The fraction of sp³-hybridized carbons (Fsp3) is 0.0541. The van der Waals surface area contributed by atoms with Gasteiger partial charge < -0.3 is 4.42 Å². The summed E-state index contributed by atoms with van der Waals surface area (Å²) in [6.07, 6.45) is 5.28. The lowest BCUT2D eigenvalue weighted by Gasteiger charge is -2.19. The van der Waals surface area contributed by atoms with Gasteiger partial charge in [-0.05, 0) is 41.8 Å². The van der Waals surface area contributed by atoms with Crippen molar-refractivity contribution >= 4 is 59.5 Å². The fourth-order valence-electron chi connectivity index (χ4n) is 6.31. The van der Waals surface area contributed by atoms with Crippen LogP contribution in [0.4, 0.5) is 0 Å². The highest BCUT2D eigenvalue weighted by Crippen LogP contribution is 2.41. The molecule has 8 aromatic rings. The molecule has 198 valence electrons. The van der Waals surface area contributed by atoms with Crippen molar-refractivity contribution in [1.82, 2.24) is 15.0 Å². The van der Waals surface area contributed by atoms with Crippen LogP contribution in [-0.4, -0.2) is 15.0 Å². The second-order valence-corrected chi connectivity index (χ2v) is 11.8. The molecule has 3 heterocycles. The van der Waals surface area contributed by atoms with Gasteiger partial charge in [0.1, 0.15) is 17.0 Å². The topological polar surface area (TPSA) is 51.8 Å². The Morgan fingerprint density at radius 3 is 2.19 bits per heavy atom. The summed E-state index contributed by atoms with van der Waals surface area (Å²) in [5.41, 5.74) is 6.23. The van der Waals surface area contributed by atoms with Gasteiger partial charge in [0.2, 0.25) is 0 Å². The number of hydrogen-bond acceptors (Lipinski definition) is 5. The summed E-state index contributed by atoms with van der Waals surface area (Å²) in [6, 6.07) is 37.9. The van der Waals surface area contributed by atoms with Crippen molar-refractivity contribution in [3.8, 4) is 22.8 Å². The van der Waals surface area contributed by atoms with Crippen molar-refractivity contribution < 1.29 is 4.42 Å². The quantitative estimate of drug-likeness (QED) is 0.217. The molecule has 1 aliphatic rings. The zero-order chi connectivity index (χ0) is 27.6. The van der Waals surface area contributed by atoms with E-state index in [1.165, 1.54) is 31.3 Å². The summed E-state index contributed by atoms with van der Waals surface area (Å²) >= 11 is 1.81. The highest BCUT2D eigenvalue weighted by Gasteiger charge is 2.23. The average molecular weight is 558 g/mol. The maximum atomic E-state index is 6.23. The summed E-state index contributed by atoms with van der Waals surface area (Å²) < 4.78 is 8.72. The highest BCUT2D eigenvalue weighted by molar-refractivity contribution is 7.25. The van der Waals surface area contributed by atoms with Crippen LogP contribution >= 0.6 is 11.3 Å². The molecule has 0 aliphatic heterocycles. The number of benzene rings is 5. The van der Waals surface area contributed by atoms with Crippen LogP contribution in [0.25, 0.3) is 71.0 Å². The first kappa shape index (κ1) is 23.6. The Labute approximate surface area is 245 Å². The number of nitrogens with zero attached hydrogens (tertiary/aromatic N) is 3. The predicted octanol–water partition coefficient (Wildman–Crippen LogP) is 9.83. The lowest BCUT2D eigenvalue weighted by molar-refractivity contribution is 0.669. The molecule has 0 amide bonds. The zero-order valence-corrected chi connectivity index (χ0v) is 23.3. The van der Waals surface area contributed by atoms with Gasteiger partial charge in [-0.15, -0.1) is 11.3 Å². The van der Waals surface area contributed by atoms with Gasteiger partial charge in [-0.1, -0.05) is 97.1 Å². The van der Waals surface area contributed by atoms with Crippen LogP contribution in [0.15, 0.2) is 120 Å². The van der Waals surface area contributed by atoms with E-state index in [4.69, 9.17) is 19.4 Å². The molecular formula is C37H23N3OS. The minimum atomic E-state index is 0.0409. The Morgan fingerprint density at radius 2 is 1.29 bits per heavy atom. The molecule has 0 N–H and O–H groups in total. The molecule has 0 saturated carbocycles. The maximum Gasteiger partial charge on any atom is 0.164 e. The van der Waals surface area contributed by atoms with Gasteiger partial charge in [-0.2, -0.15) is 0 Å². The number of thiophene rings is 1. The Bertz CT molecular complexity index is 2230. The molecule has 1 aliphatic carbocycles. The number of fused-ring (bicyclic) bond motifs is 7. The molecule has 0 fully saturated rings. The summed E-state index contributed by atoms with van der Waals surface area (Å²) in [6.45, 7) is 0. The first-order valence-electron chi connectivity index (χ1n) is 14.1. The van der Waals surface area contributed by atoms with Crippen LogP contribution in [0.2, 0.25) is 0 Å². The van der Waals surface area contributed by atoms with Crippen LogP contribution in [-0.2, 0) is 6.42 Å². The highest BCUT2D eigenvalue weighted by atomic mass is 32.1. The van der Waals surface area contributed by atoms with Crippen molar-refractivity contribution in [2.24, 2.45) is 0 Å². The van der Waals surface area contributed by atoms with Gasteiger partial charge in [-0.3, -0.25) is 0 Å². The summed E-state index contributed by atoms with van der Waals surface area (Å²) in [7, 11) is 0. The molecule has 9 rings (SSSR count). The summed E-state index contributed by atoms with van der Waals surface area (Å²) in [4.78, 5) is 15.6. The van der Waals surface area contributed by atoms with Crippen molar-refractivity contribution in [2.45, 2.75) is 12.3 Å². The van der Waals surface area contributed by atoms with E-state index in [0.717, 1.165) is 45.3 Å². The molecule has 0 bridgehead atoms. The minimum Gasteiger partial charge on any atom is -0.456 e. The van der Waals surface area contributed by atoms with Crippen molar-refractivity contribution in [3.63, 3.8) is 0 Å². The third-order valence-electron chi connectivity index (χ3n) is 8.27. The molecule has 42 heavy (non-hydrogen) atoms. The van der Waals surface area contributed by atoms with Gasteiger partial charge in [0, 0.05) is 48.0 Å². The van der Waals surface area contributed by atoms with E-state index >= 15 is 0 Å². The fourth-order valence-corrected chi connectivity index (χ4v) is 7.44. The number of para-hydroxylation sites is 1. The zero-order valence-electron chi connectivity index (χ0n) is 22.5. The predicted molar refractivity (Wildman–Crippen MR) is 173 cm³/mol. The first-order chi connectivity index (χ1) is 20.8. The normalized spacial score (nSPS) is 14.7. The number of furan rings is 1. The van der Waals surface area contributed by atoms with E-state index < -0.39 is 0 Å².